The average molecular weight is 234 g/mol. The van der Waals surface area contributed by atoms with E-state index in [-0.39, 0.29) is 0 Å². The molecule has 3 rings (SSSR count). The molecule has 0 aromatic heterocycles. The van der Waals surface area contributed by atoms with Crippen molar-refractivity contribution < 1.29 is 0 Å². The SMILES string of the molecule is Clc1ccc(NCC2CC3C=CC2C3)cc1. The number of hydrogen-bond donors (Lipinski definition) is 1. The Morgan fingerprint density at radius 1 is 1.12 bits per heavy atom. The first kappa shape index (κ1) is 10.2. The summed E-state index contributed by atoms with van der Waals surface area (Å²) in [5.41, 5.74) is 1.18. The molecule has 1 N–H and O–H groups in total. The highest BCUT2D eigenvalue weighted by atomic mass is 35.5. The first-order chi connectivity index (χ1) is 7.81. The van der Waals surface area contributed by atoms with Crippen LogP contribution in [0.15, 0.2) is 36.4 Å². The second-order valence-corrected chi connectivity index (χ2v) is 5.36. The van der Waals surface area contributed by atoms with Gasteiger partial charge in [-0.05, 0) is 54.9 Å². The highest BCUT2D eigenvalue weighted by molar-refractivity contribution is 6.30. The molecule has 2 aliphatic carbocycles. The monoisotopic (exact) mass is 233 g/mol. The summed E-state index contributed by atoms with van der Waals surface area (Å²) in [6.07, 6.45) is 7.54. The van der Waals surface area contributed by atoms with Gasteiger partial charge in [0.2, 0.25) is 0 Å². The van der Waals surface area contributed by atoms with Crippen molar-refractivity contribution in [3.63, 3.8) is 0 Å². The Kier molecular flexibility index (Phi) is 2.64. The van der Waals surface area contributed by atoms with Gasteiger partial charge in [0, 0.05) is 17.3 Å². The summed E-state index contributed by atoms with van der Waals surface area (Å²) < 4.78 is 0. The Morgan fingerprint density at radius 3 is 2.56 bits per heavy atom. The fourth-order valence-corrected chi connectivity index (χ4v) is 3.07. The van der Waals surface area contributed by atoms with Crippen molar-refractivity contribution in [2.45, 2.75) is 12.8 Å². The van der Waals surface area contributed by atoms with Gasteiger partial charge in [0.1, 0.15) is 0 Å². The molecule has 2 bridgehead atoms. The maximum absolute atomic E-state index is 5.85. The first-order valence-corrected chi connectivity index (χ1v) is 6.37. The van der Waals surface area contributed by atoms with E-state index in [9.17, 15) is 0 Å². The maximum Gasteiger partial charge on any atom is 0.0407 e. The molecule has 3 atom stereocenters. The Labute approximate surface area is 102 Å². The van der Waals surface area contributed by atoms with Crippen LogP contribution in [0.3, 0.4) is 0 Å². The summed E-state index contributed by atoms with van der Waals surface area (Å²) in [6, 6.07) is 7.96. The molecule has 0 spiro atoms. The molecule has 3 unspecified atom stereocenters. The lowest BCUT2D eigenvalue weighted by molar-refractivity contribution is 0.472. The minimum absolute atomic E-state index is 0.799. The third kappa shape index (κ3) is 1.97. The van der Waals surface area contributed by atoms with Gasteiger partial charge in [0.25, 0.3) is 0 Å². The zero-order valence-corrected chi connectivity index (χ0v) is 9.95. The molecule has 0 saturated heterocycles. The molecule has 2 aliphatic rings. The van der Waals surface area contributed by atoms with E-state index in [1.165, 1.54) is 18.5 Å². The van der Waals surface area contributed by atoms with Gasteiger partial charge >= 0.3 is 0 Å². The third-order valence-electron chi connectivity index (χ3n) is 3.83. The lowest BCUT2D eigenvalue weighted by Gasteiger charge is -2.19. The zero-order chi connectivity index (χ0) is 11.0. The fourth-order valence-electron chi connectivity index (χ4n) is 2.95. The van der Waals surface area contributed by atoms with Gasteiger partial charge < -0.3 is 5.32 Å². The molecular weight excluding hydrogens is 218 g/mol. The third-order valence-corrected chi connectivity index (χ3v) is 4.08. The molecule has 1 saturated carbocycles. The van der Waals surface area contributed by atoms with E-state index in [2.05, 4.69) is 17.5 Å². The minimum atomic E-state index is 0.799. The fraction of sp³-hybridized carbons (Fsp3) is 0.429. The molecule has 1 aromatic carbocycles. The predicted molar refractivity (Wildman–Crippen MR) is 68.8 cm³/mol. The van der Waals surface area contributed by atoms with Gasteiger partial charge in [-0.1, -0.05) is 23.8 Å². The number of anilines is 1. The second-order valence-electron chi connectivity index (χ2n) is 4.93. The number of rotatable bonds is 3. The second kappa shape index (κ2) is 4.14. The summed E-state index contributed by atoms with van der Waals surface area (Å²) in [4.78, 5) is 0. The standard InChI is InChI=1S/C14H16ClN/c15-13-3-5-14(6-4-13)16-9-12-8-10-1-2-11(12)7-10/h1-6,10-12,16H,7-9H2. The zero-order valence-electron chi connectivity index (χ0n) is 9.20. The number of nitrogens with one attached hydrogen (secondary N) is 1. The molecule has 0 amide bonds. The van der Waals surface area contributed by atoms with Crippen LogP contribution in [-0.4, -0.2) is 6.54 Å². The van der Waals surface area contributed by atoms with Crippen LogP contribution in [0.4, 0.5) is 5.69 Å². The molecule has 1 fully saturated rings. The summed E-state index contributed by atoms with van der Waals surface area (Å²) in [5.74, 6) is 2.51. The molecule has 1 aromatic rings. The highest BCUT2D eigenvalue weighted by Gasteiger charge is 2.35. The van der Waals surface area contributed by atoms with Crippen molar-refractivity contribution in [1.82, 2.24) is 0 Å². The number of benzene rings is 1. The summed E-state index contributed by atoms with van der Waals surface area (Å²) in [5, 5.41) is 4.31. The number of fused-ring (bicyclic) bond motifs is 2. The van der Waals surface area contributed by atoms with Crippen LogP contribution >= 0.6 is 11.6 Å². The van der Waals surface area contributed by atoms with Crippen LogP contribution < -0.4 is 5.32 Å². The molecule has 84 valence electrons. The van der Waals surface area contributed by atoms with E-state index in [1.54, 1.807) is 0 Å². The average Bonchev–Trinajstić information content (AvgIpc) is 2.90. The molecule has 0 heterocycles. The first-order valence-electron chi connectivity index (χ1n) is 5.99. The van der Waals surface area contributed by atoms with Crippen LogP contribution in [0.25, 0.3) is 0 Å². The Balaban J connectivity index is 1.57. The maximum atomic E-state index is 5.85. The Bertz CT molecular complexity index is 396. The predicted octanol–water partition coefficient (Wildman–Crippen LogP) is 3.96. The van der Waals surface area contributed by atoms with Gasteiger partial charge in [-0.15, -0.1) is 0 Å². The van der Waals surface area contributed by atoms with Crippen LogP contribution in [0.1, 0.15) is 12.8 Å². The van der Waals surface area contributed by atoms with E-state index in [4.69, 9.17) is 11.6 Å². The van der Waals surface area contributed by atoms with Gasteiger partial charge in [0.15, 0.2) is 0 Å². The Hall–Kier alpha value is -0.950. The van der Waals surface area contributed by atoms with Crippen LogP contribution in [0.2, 0.25) is 5.02 Å². The molecular formula is C14H16ClN. The molecule has 0 aliphatic heterocycles. The van der Waals surface area contributed by atoms with Crippen LogP contribution in [0.5, 0.6) is 0 Å². The summed E-state index contributed by atoms with van der Waals surface area (Å²) >= 11 is 5.85. The summed E-state index contributed by atoms with van der Waals surface area (Å²) in [7, 11) is 0. The molecule has 1 nitrogen and oxygen atoms in total. The normalized spacial score (nSPS) is 30.9. The quantitative estimate of drug-likeness (QED) is 0.780. The van der Waals surface area contributed by atoms with Gasteiger partial charge in [-0.2, -0.15) is 0 Å². The van der Waals surface area contributed by atoms with Crippen LogP contribution in [0, 0.1) is 17.8 Å². The minimum Gasteiger partial charge on any atom is -0.385 e. The highest BCUT2D eigenvalue weighted by Crippen LogP contribution is 2.43. The van der Waals surface area contributed by atoms with Crippen molar-refractivity contribution in [1.29, 1.82) is 0 Å². The lowest BCUT2D eigenvalue weighted by atomic mass is 9.93. The van der Waals surface area contributed by atoms with Crippen molar-refractivity contribution in [3.8, 4) is 0 Å². The topological polar surface area (TPSA) is 12.0 Å². The molecule has 16 heavy (non-hydrogen) atoms. The van der Waals surface area contributed by atoms with Gasteiger partial charge in [-0.25, -0.2) is 0 Å². The van der Waals surface area contributed by atoms with Gasteiger partial charge in [-0.3, -0.25) is 0 Å². The number of halogens is 1. The Morgan fingerprint density at radius 2 is 1.94 bits per heavy atom. The van der Waals surface area contributed by atoms with E-state index in [0.717, 1.165) is 29.3 Å². The summed E-state index contributed by atoms with van der Waals surface area (Å²) in [6.45, 7) is 1.09. The largest absolute Gasteiger partial charge is 0.385 e. The lowest BCUT2D eigenvalue weighted by Crippen LogP contribution is -2.18. The van der Waals surface area contributed by atoms with Gasteiger partial charge in [0.05, 0.1) is 0 Å². The van der Waals surface area contributed by atoms with E-state index >= 15 is 0 Å². The van der Waals surface area contributed by atoms with Crippen molar-refractivity contribution in [3.05, 3.63) is 41.4 Å². The molecule has 2 heteroatoms. The molecule has 0 radical (unpaired) electrons. The number of hydrogen-bond acceptors (Lipinski definition) is 1. The van der Waals surface area contributed by atoms with Crippen molar-refractivity contribution in [2.24, 2.45) is 17.8 Å². The van der Waals surface area contributed by atoms with E-state index in [0.29, 0.717) is 0 Å². The van der Waals surface area contributed by atoms with Crippen molar-refractivity contribution >= 4 is 17.3 Å². The van der Waals surface area contributed by atoms with E-state index in [1.807, 2.05) is 24.3 Å². The van der Waals surface area contributed by atoms with Crippen molar-refractivity contribution in [2.75, 3.05) is 11.9 Å². The van der Waals surface area contributed by atoms with E-state index < -0.39 is 0 Å². The van der Waals surface area contributed by atoms with Crippen LogP contribution in [-0.2, 0) is 0 Å². The number of allylic oxidation sites excluding steroid dienone is 2. The smallest absolute Gasteiger partial charge is 0.0407 e.